The quantitative estimate of drug-likeness (QED) is 0.759. The van der Waals surface area contributed by atoms with Crippen molar-refractivity contribution in [3.63, 3.8) is 0 Å². The second-order valence-corrected chi connectivity index (χ2v) is 3.50. The summed E-state index contributed by atoms with van der Waals surface area (Å²) in [5.41, 5.74) is 0.861. The lowest BCUT2D eigenvalue weighted by atomic mass is 10.2. The summed E-state index contributed by atoms with van der Waals surface area (Å²) in [5, 5.41) is 10.5. The Balaban J connectivity index is 2.99. The van der Waals surface area contributed by atoms with Crippen molar-refractivity contribution in [1.82, 2.24) is 3.59 Å². The van der Waals surface area contributed by atoms with Gasteiger partial charge in [0.2, 0.25) is 0 Å². The number of fused-ring (bicyclic) bond motifs is 1. The summed E-state index contributed by atoms with van der Waals surface area (Å²) in [6.07, 6.45) is 0. The van der Waals surface area contributed by atoms with Crippen molar-refractivity contribution in [1.29, 1.82) is 0 Å². The molecular weight excluding hydrogens is 241 g/mol. The first-order valence-electron chi connectivity index (χ1n) is 3.36. The molecule has 12 heavy (non-hydrogen) atoms. The van der Waals surface area contributed by atoms with Gasteiger partial charge < -0.3 is 5.11 Å². The Bertz CT molecular complexity index is 399. The van der Waals surface area contributed by atoms with E-state index in [0.29, 0.717) is 5.15 Å². The molecule has 2 rings (SSSR count). The molecule has 0 saturated carbocycles. The molecule has 0 amide bonds. The van der Waals surface area contributed by atoms with Crippen molar-refractivity contribution in [3.8, 4) is 5.75 Å². The van der Waals surface area contributed by atoms with Gasteiger partial charge in [-0.25, -0.2) is 0 Å². The third-order valence-corrected chi connectivity index (χ3v) is 3.03. The van der Waals surface area contributed by atoms with Gasteiger partial charge in [0, 0.05) is 5.39 Å². The Morgan fingerprint density at radius 1 is 1.33 bits per heavy atom. The van der Waals surface area contributed by atoms with E-state index in [9.17, 15) is 5.11 Å². The van der Waals surface area contributed by atoms with E-state index in [0.717, 1.165) is 10.9 Å². The number of hydrogen-bond acceptors (Lipinski definition) is 1. The molecule has 0 radical (unpaired) electrons. The van der Waals surface area contributed by atoms with Crippen LogP contribution < -0.4 is 0 Å². The van der Waals surface area contributed by atoms with Crippen molar-refractivity contribution in [2.45, 2.75) is 0 Å². The number of aromatic nitrogens is 1. The van der Waals surface area contributed by atoms with E-state index in [1.165, 1.54) is 0 Å². The molecule has 0 unspecified atom stereocenters. The topological polar surface area (TPSA) is 25.2 Å². The second-order valence-electron chi connectivity index (χ2n) is 2.44. The van der Waals surface area contributed by atoms with Crippen LogP contribution in [0.2, 0.25) is 5.15 Å². The minimum absolute atomic E-state index is 0.115. The first-order chi connectivity index (χ1) is 5.72. The highest BCUT2D eigenvalue weighted by Gasteiger charge is 2.11. The number of benzene rings is 1. The predicted molar refractivity (Wildman–Crippen MR) is 52.9 cm³/mol. The van der Waals surface area contributed by atoms with Gasteiger partial charge in [-0.1, -0.05) is 23.7 Å². The number of hydrogen-bond donors (Lipinski definition) is 1. The lowest BCUT2D eigenvalue weighted by molar-refractivity contribution is 0.481. The van der Waals surface area contributed by atoms with Crippen molar-refractivity contribution in [2.24, 2.45) is 0 Å². The zero-order chi connectivity index (χ0) is 8.72. The summed E-state index contributed by atoms with van der Waals surface area (Å²) in [5.74, 6) is 0.115. The molecule has 0 saturated heterocycles. The number of para-hydroxylation sites is 1. The molecule has 0 spiro atoms. The molecule has 0 fully saturated rings. The number of rotatable bonds is 0. The van der Waals surface area contributed by atoms with Crippen LogP contribution in [0.5, 0.6) is 5.75 Å². The van der Waals surface area contributed by atoms with Crippen molar-refractivity contribution in [2.75, 3.05) is 0 Å². The van der Waals surface area contributed by atoms with E-state index >= 15 is 0 Å². The lowest BCUT2D eigenvalue weighted by Gasteiger charge is -1.90. The average Bonchev–Trinajstić information content (AvgIpc) is 2.33. The SMILES string of the molecule is Oc1c(Cl)n(Br)c2ccccc12. The maximum Gasteiger partial charge on any atom is 0.162 e. The fraction of sp³-hybridized carbons (Fsp3) is 0. The molecular formula is C8H5BrClNO. The van der Waals surface area contributed by atoms with E-state index in [-0.39, 0.29) is 5.75 Å². The molecule has 0 bridgehead atoms. The fourth-order valence-corrected chi connectivity index (χ4v) is 1.82. The molecule has 0 aliphatic carbocycles. The molecule has 0 aliphatic rings. The zero-order valence-electron chi connectivity index (χ0n) is 5.96. The number of halogens is 2. The summed E-state index contributed by atoms with van der Waals surface area (Å²) < 4.78 is 1.57. The number of aromatic hydroxyl groups is 1. The van der Waals surface area contributed by atoms with E-state index in [4.69, 9.17) is 11.6 Å². The van der Waals surface area contributed by atoms with Gasteiger partial charge in [0.1, 0.15) is 0 Å². The smallest absolute Gasteiger partial charge is 0.162 e. The van der Waals surface area contributed by atoms with Crippen LogP contribution in [0.1, 0.15) is 0 Å². The largest absolute Gasteiger partial charge is 0.504 e. The van der Waals surface area contributed by atoms with Crippen LogP contribution in [0, 0.1) is 0 Å². The highest BCUT2D eigenvalue weighted by atomic mass is 79.9. The molecule has 1 aromatic carbocycles. The van der Waals surface area contributed by atoms with Crippen LogP contribution in [-0.4, -0.2) is 8.70 Å². The normalized spacial score (nSPS) is 10.8. The summed E-state index contributed by atoms with van der Waals surface area (Å²) >= 11 is 9.01. The number of nitrogens with zero attached hydrogens (tertiary/aromatic N) is 1. The molecule has 4 heteroatoms. The first kappa shape index (κ1) is 7.95. The highest BCUT2D eigenvalue weighted by Crippen LogP contribution is 2.36. The molecule has 1 heterocycles. The van der Waals surface area contributed by atoms with Crippen LogP contribution in [0.4, 0.5) is 0 Å². The summed E-state index contributed by atoms with van der Waals surface area (Å²) in [6, 6.07) is 7.42. The summed E-state index contributed by atoms with van der Waals surface area (Å²) in [4.78, 5) is 0. The Hall–Kier alpha value is -0.670. The highest BCUT2D eigenvalue weighted by molar-refractivity contribution is 9.08. The minimum Gasteiger partial charge on any atom is -0.504 e. The van der Waals surface area contributed by atoms with Crippen molar-refractivity contribution < 1.29 is 5.11 Å². The van der Waals surface area contributed by atoms with Gasteiger partial charge in [-0.05, 0) is 12.1 Å². The van der Waals surface area contributed by atoms with Gasteiger partial charge in [0.05, 0.1) is 21.7 Å². The third-order valence-electron chi connectivity index (χ3n) is 1.74. The van der Waals surface area contributed by atoms with Gasteiger partial charge in [-0.15, -0.1) is 0 Å². The van der Waals surface area contributed by atoms with E-state index in [1.54, 1.807) is 3.59 Å². The zero-order valence-corrected chi connectivity index (χ0v) is 8.30. The maximum absolute atomic E-state index is 9.50. The van der Waals surface area contributed by atoms with Crippen LogP contribution in [0.3, 0.4) is 0 Å². The third kappa shape index (κ3) is 0.934. The fourth-order valence-electron chi connectivity index (χ4n) is 1.15. The van der Waals surface area contributed by atoms with Gasteiger partial charge >= 0.3 is 0 Å². The van der Waals surface area contributed by atoms with Crippen LogP contribution in [0.15, 0.2) is 24.3 Å². The molecule has 1 aromatic heterocycles. The van der Waals surface area contributed by atoms with Crippen molar-refractivity contribution in [3.05, 3.63) is 29.4 Å². The lowest BCUT2D eigenvalue weighted by Crippen LogP contribution is -1.75. The molecule has 2 aromatic rings. The maximum atomic E-state index is 9.50. The van der Waals surface area contributed by atoms with Crippen LogP contribution in [-0.2, 0) is 0 Å². The Kier molecular flexibility index (Phi) is 1.77. The molecule has 62 valence electrons. The van der Waals surface area contributed by atoms with Gasteiger partial charge in [0.25, 0.3) is 0 Å². The Morgan fingerprint density at radius 2 is 2.00 bits per heavy atom. The average molecular weight is 246 g/mol. The summed E-state index contributed by atoms with van der Waals surface area (Å²) in [6.45, 7) is 0. The minimum atomic E-state index is 0.115. The second kappa shape index (κ2) is 2.68. The molecule has 1 N–H and O–H groups in total. The van der Waals surface area contributed by atoms with Gasteiger partial charge in [-0.3, -0.25) is 3.59 Å². The van der Waals surface area contributed by atoms with Gasteiger partial charge in [0.15, 0.2) is 10.9 Å². The first-order valence-corrected chi connectivity index (χ1v) is 4.44. The molecule has 0 atom stereocenters. The van der Waals surface area contributed by atoms with Crippen molar-refractivity contribution >= 4 is 38.7 Å². The van der Waals surface area contributed by atoms with Gasteiger partial charge in [-0.2, -0.15) is 0 Å². The van der Waals surface area contributed by atoms with Crippen LogP contribution in [0.25, 0.3) is 10.9 Å². The van der Waals surface area contributed by atoms with E-state index in [2.05, 4.69) is 16.1 Å². The Labute approximate surface area is 82.7 Å². The van der Waals surface area contributed by atoms with E-state index in [1.807, 2.05) is 24.3 Å². The molecule has 0 aliphatic heterocycles. The van der Waals surface area contributed by atoms with Crippen LogP contribution >= 0.6 is 27.7 Å². The van der Waals surface area contributed by atoms with E-state index < -0.39 is 0 Å². The monoisotopic (exact) mass is 245 g/mol. The Morgan fingerprint density at radius 3 is 2.67 bits per heavy atom. The molecule has 2 nitrogen and oxygen atoms in total. The standard InChI is InChI=1S/C8H5BrClNO/c9-11-6-4-2-1-3-5(6)7(12)8(11)10/h1-4,12H. The summed E-state index contributed by atoms with van der Waals surface area (Å²) in [7, 11) is 0. The predicted octanol–water partition coefficient (Wildman–Crippen LogP) is 3.16.